The van der Waals surface area contributed by atoms with E-state index in [2.05, 4.69) is 28.5 Å². The quantitative estimate of drug-likeness (QED) is 0.741. The number of carbonyl (C=O) groups excluding carboxylic acids is 3. The van der Waals surface area contributed by atoms with Crippen LogP contribution in [-0.4, -0.2) is 59.2 Å². The van der Waals surface area contributed by atoms with Crippen molar-refractivity contribution < 1.29 is 14.4 Å². The molecule has 28 heavy (non-hydrogen) atoms. The first kappa shape index (κ1) is 19.1. The summed E-state index contributed by atoms with van der Waals surface area (Å²) in [6, 6.07) is 5.90. The Balaban J connectivity index is 1.54. The highest BCUT2D eigenvalue weighted by atomic mass is 16.2. The van der Waals surface area contributed by atoms with Crippen LogP contribution in [0.5, 0.6) is 0 Å². The smallest absolute Gasteiger partial charge is 0.255 e. The fourth-order valence-corrected chi connectivity index (χ4v) is 4.69. The molecule has 3 heterocycles. The van der Waals surface area contributed by atoms with Crippen molar-refractivity contribution in [1.82, 2.24) is 20.4 Å². The van der Waals surface area contributed by atoms with Crippen molar-refractivity contribution in [2.45, 2.75) is 57.8 Å². The van der Waals surface area contributed by atoms with Gasteiger partial charge < -0.3 is 10.2 Å². The van der Waals surface area contributed by atoms with Gasteiger partial charge in [0.2, 0.25) is 11.8 Å². The van der Waals surface area contributed by atoms with Gasteiger partial charge in [-0.05, 0) is 56.1 Å². The average molecular weight is 384 g/mol. The number of fused-ring (bicyclic) bond motifs is 1. The minimum absolute atomic E-state index is 0.101. The minimum Gasteiger partial charge on any atom is -0.322 e. The molecule has 150 valence electrons. The monoisotopic (exact) mass is 384 g/mol. The van der Waals surface area contributed by atoms with Gasteiger partial charge in [0.15, 0.2) is 0 Å². The van der Waals surface area contributed by atoms with Crippen LogP contribution in [-0.2, 0) is 22.7 Å². The van der Waals surface area contributed by atoms with Crippen molar-refractivity contribution >= 4 is 17.7 Å². The van der Waals surface area contributed by atoms with Gasteiger partial charge in [-0.1, -0.05) is 19.1 Å². The molecule has 3 amide bonds. The number of imide groups is 1. The number of nitrogens with zero attached hydrogens (tertiary/aromatic N) is 2. The van der Waals surface area contributed by atoms with Crippen LogP contribution in [0.25, 0.3) is 0 Å². The van der Waals surface area contributed by atoms with E-state index in [0.717, 1.165) is 44.6 Å². The number of carbonyl (C=O) groups is 3. The van der Waals surface area contributed by atoms with E-state index in [4.69, 9.17) is 0 Å². The van der Waals surface area contributed by atoms with Crippen molar-refractivity contribution in [3.63, 3.8) is 0 Å². The Morgan fingerprint density at radius 1 is 1.14 bits per heavy atom. The molecule has 1 unspecified atom stereocenters. The molecule has 0 saturated carbocycles. The Morgan fingerprint density at radius 2 is 1.93 bits per heavy atom. The normalized spacial score (nSPS) is 23.3. The summed E-state index contributed by atoms with van der Waals surface area (Å²) in [5.41, 5.74) is 2.90. The predicted molar refractivity (Wildman–Crippen MR) is 104 cm³/mol. The highest BCUT2D eigenvalue weighted by Gasteiger charge is 2.39. The Kier molecular flexibility index (Phi) is 5.46. The molecule has 3 aliphatic rings. The van der Waals surface area contributed by atoms with Crippen LogP contribution in [0.2, 0.25) is 0 Å². The second-order valence-electron chi connectivity index (χ2n) is 7.89. The van der Waals surface area contributed by atoms with Crippen LogP contribution in [0.15, 0.2) is 18.2 Å². The molecule has 2 fully saturated rings. The molecule has 1 aromatic carbocycles. The number of nitrogens with one attached hydrogen (secondary N) is 2. The van der Waals surface area contributed by atoms with Crippen molar-refractivity contribution in [2.24, 2.45) is 0 Å². The van der Waals surface area contributed by atoms with Crippen molar-refractivity contribution in [3.8, 4) is 0 Å². The number of hydrogen-bond donors (Lipinski definition) is 2. The minimum atomic E-state index is -0.558. The molecule has 0 aliphatic carbocycles. The first-order chi connectivity index (χ1) is 13.6. The summed E-state index contributed by atoms with van der Waals surface area (Å²) in [4.78, 5) is 40.8. The number of hydrogen-bond acceptors (Lipinski definition) is 5. The average Bonchev–Trinajstić information content (AvgIpc) is 3.04. The van der Waals surface area contributed by atoms with Gasteiger partial charge in [0.25, 0.3) is 5.91 Å². The fraction of sp³-hybridized carbons (Fsp3) is 0.571. The van der Waals surface area contributed by atoms with Crippen molar-refractivity contribution in [3.05, 3.63) is 34.9 Å². The van der Waals surface area contributed by atoms with E-state index >= 15 is 0 Å². The van der Waals surface area contributed by atoms with Gasteiger partial charge in [0, 0.05) is 31.1 Å². The zero-order chi connectivity index (χ0) is 19.7. The maximum absolute atomic E-state index is 13.0. The molecule has 0 bridgehead atoms. The van der Waals surface area contributed by atoms with E-state index in [1.807, 2.05) is 12.1 Å². The Morgan fingerprint density at radius 3 is 2.64 bits per heavy atom. The zero-order valence-corrected chi connectivity index (χ0v) is 16.4. The second kappa shape index (κ2) is 8.01. The first-order valence-electron chi connectivity index (χ1n) is 10.3. The van der Waals surface area contributed by atoms with E-state index in [1.165, 1.54) is 5.56 Å². The molecule has 7 nitrogen and oxygen atoms in total. The van der Waals surface area contributed by atoms with E-state index in [1.54, 1.807) is 4.90 Å². The third-order valence-electron chi connectivity index (χ3n) is 6.28. The molecular formula is C21H28N4O3. The molecular weight excluding hydrogens is 356 g/mol. The largest absolute Gasteiger partial charge is 0.322 e. The van der Waals surface area contributed by atoms with Gasteiger partial charge in [-0.3, -0.25) is 24.6 Å². The zero-order valence-electron chi connectivity index (χ0n) is 16.4. The maximum atomic E-state index is 13.0. The topological polar surface area (TPSA) is 81.8 Å². The standard InChI is InChI=1S/C21H28N4O3/c1-2-24(15-8-10-22-11-9-15)12-14-4-3-5-16-17(14)13-25(21(16)28)18-6-7-19(26)23-20(18)27/h3-5,15,18,22H,2,6-13H2,1H3,(H,23,26,27). The van der Waals surface area contributed by atoms with Gasteiger partial charge in [-0.25, -0.2) is 0 Å². The summed E-state index contributed by atoms with van der Waals surface area (Å²) in [5.74, 6) is -0.716. The first-order valence-corrected chi connectivity index (χ1v) is 10.3. The third kappa shape index (κ3) is 3.56. The summed E-state index contributed by atoms with van der Waals surface area (Å²) < 4.78 is 0. The lowest BCUT2D eigenvalue weighted by molar-refractivity contribution is -0.136. The molecule has 4 rings (SSSR count). The summed E-state index contributed by atoms with van der Waals surface area (Å²) >= 11 is 0. The van der Waals surface area contributed by atoms with Crippen molar-refractivity contribution in [2.75, 3.05) is 19.6 Å². The van der Waals surface area contributed by atoms with Crippen LogP contribution in [0.1, 0.15) is 54.1 Å². The second-order valence-corrected chi connectivity index (χ2v) is 7.89. The molecule has 1 atom stereocenters. The van der Waals surface area contributed by atoms with E-state index in [-0.39, 0.29) is 24.1 Å². The van der Waals surface area contributed by atoms with Gasteiger partial charge in [-0.2, -0.15) is 0 Å². The maximum Gasteiger partial charge on any atom is 0.255 e. The summed E-state index contributed by atoms with van der Waals surface area (Å²) in [6.45, 7) is 6.53. The van der Waals surface area contributed by atoms with Crippen LogP contribution < -0.4 is 10.6 Å². The van der Waals surface area contributed by atoms with Gasteiger partial charge >= 0.3 is 0 Å². The van der Waals surface area contributed by atoms with Crippen LogP contribution in [0.3, 0.4) is 0 Å². The molecule has 2 saturated heterocycles. The summed E-state index contributed by atoms with van der Waals surface area (Å²) in [6.07, 6.45) is 2.97. The molecule has 2 N–H and O–H groups in total. The number of piperidine rings is 2. The Labute approximate surface area is 165 Å². The van der Waals surface area contributed by atoms with Crippen LogP contribution in [0, 0.1) is 0 Å². The highest BCUT2D eigenvalue weighted by molar-refractivity contribution is 6.05. The number of amides is 3. The SMILES string of the molecule is CCN(Cc1cccc2c1CN(C1CCC(=O)NC1=O)C2=O)C1CCNCC1. The lowest BCUT2D eigenvalue weighted by Gasteiger charge is -2.34. The number of rotatable bonds is 5. The molecule has 3 aliphatic heterocycles. The Bertz CT molecular complexity index is 788. The lowest BCUT2D eigenvalue weighted by atomic mass is 10.00. The summed E-state index contributed by atoms with van der Waals surface area (Å²) in [5, 5.41) is 5.78. The molecule has 0 spiro atoms. The van der Waals surface area contributed by atoms with Gasteiger partial charge in [0.05, 0.1) is 0 Å². The van der Waals surface area contributed by atoms with E-state index < -0.39 is 6.04 Å². The molecule has 0 radical (unpaired) electrons. The number of benzene rings is 1. The van der Waals surface area contributed by atoms with E-state index in [0.29, 0.717) is 24.6 Å². The summed E-state index contributed by atoms with van der Waals surface area (Å²) in [7, 11) is 0. The van der Waals surface area contributed by atoms with E-state index in [9.17, 15) is 14.4 Å². The molecule has 0 aromatic heterocycles. The van der Waals surface area contributed by atoms with Crippen LogP contribution in [0.4, 0.5) is 0 Å². The van der Waals surface area contributed by atoms with Crippen LogP contribution >= 0.6 is 0 Å². The highest BCUT2D eigenvalue weighted by Crippen LogP contribution is 2.31. The molecule has 7 heteroatoms. The Hall–Kier alpha value is -2.25. The lowest BCUT2D eigenvalue weighted by Crippen LogP contribution is -2.52. The van der Waals surface area contributed by atoms with Crippen molar-refractivity contribution in [1.29, 1.82) is 0 Å². The van der Waals surface area contributed by atoms with Gasteiger partial charge in [0.1, 0.15) is 6.04 Å². The van der Waals surface area contributed by atoms with Gasteiger partial charge in [-0.15, -0.1) is 0 Å². The third-order valence-corrected chi connectivity index (χ3v) is 6.28. The fourth-order valence-electron chi connectivity index (χ4n) is 4.69. The predicted octanol–water partition coefficient (Wildman–Crippen LogP) is 1.02. The molecule has 1 aromatic rings.